The van der Waals surface area contributed by atoms with E-state index < -0.39 is 11.9 Å². The van der Waals surface area contributed by atoms with Gasteiger partial charge in [-0.1, -0.05) is 17.4 Å². The van der Waals surface area contributed by atoms with Gasteiger partial charge >= 0.3 is 6.18 Å². The van der Waals surface area contributed by atoms with Crippen molar-refractivity contribution in [2.75, 3.05) is 5.32 Å². The van der Waals surface area contributed by atoms with E-state index in [1.54, 1.807) is 0 Å². The van der Waals surface area contributed by atoms with Gasteiger partial charge < -0.3 is 5.32 Å². The lowest BCUT2D eigenvalue weighted by atomic mass is 10.2. The Balaban J connectivity index is 1.63. The zero-order valence-electron chi connectivity index (χ0n) is 13.5. The van der Waals surface area contributed by atoms with Crippen LogP contribution in [-0.2, 0) is 17.5 Å². The molecule has 0 atom stereocenters. The Labute approximate surface area is 145 Å². The van der Waals surface area contributed by atoms with Gasteiger partial charge in [0.15, 0.2) is 10.8 Å². The molecule has 5 nitrogen and oxygen atoms in total. The highest BCUT2D eigenvalue weighted by Gasteiger charge is 2.34. The summed E-state index contributed by atoms with van der Waals surface area (Å²) in [7, 11) is 0. The number of thiazole rings is 1. The lowest BCUT2D eigenvalue weighted by Gasteiger charge is -2.05. The summed E-state index contributed by atoms with van der Waals surface area (Å²) in [5, 5.41) is 6.66. The number of alkyl halides is 3. The maximum atomic E-state index is 12.6. The van der Waals surface area contributed by atoms with E-state index in [4.69, 9.17) is 0 Å². The number of hydrogen-bond donors (Lipinski definition) is 1. The van der Waals surface area contributed by atoms with Crippen LogP contribution in [0.25, 0.3) is 10.2 Å². The molecule has 9 heteroatoms. The quantitative estimate of drug-likeness (QED) is 0.752. The monoisotopic (exact) mass is 368 g/mol. The van der Waals surface area contributed by atoms with E-state index in [1.165, 1.54) is 22.9 Å². The molecule has 0 spiro atoms. The van der Waals surface area contributed by atoms with Crippen molar-refractivity contribution in [2.24, 2.45) is 0 Å². The third kappa shape index (κ3) is 3.98. The lowest BCUT2D eigenvalue weighted by Crippen LogP contribution is -2.16. The van der Waals surface area contributed by atoms with Crippen LogP contribution in [0.5, 0.6) is 0 Å². The van der Waals surface area contributed by atoms with Crippen molar-refractivity contribution in [2.45, 2.75) is 33.0 Å². The van der Waals surface area contributed by atoms with Gasteiger partial charge in [0.1, 0.15) is 0 Å². The fraction of sp³-hybridized carbons (Fsp3) is 0.312. The van der Waals surface area contributed by atoms with Crippen molar-refractivity contribution in [1.29, 1.82) is 0 Å². The second-order valence-electron chi connectivity index (χ2n) is 5.68. The van der Waals surface area contributed by atoms with Crippen LogP contribution in [0.1, 0.15) is 23.4 Å². The SMILES string of the molecule is Cc1ccc2nc(NC(=O)CCn3nc(C(F)(F)F)cc3C)sc2c1. The van der Waals surface area contributed by atoms with Crippen molar-refractivity contribution in [3.8, 4) is 0 Å². The fourth-order valence-electron chi connectivity index (χ4n) is 2.35. The number of halogens is 3. The molecule has 0 fully saturated rings. The molecule has 0 aliphatic rings. The Morgan fingerprint density at radius 1 is 1.28 bits per heavy atom. The molecule has 0 radical (unpaired) electrons. The molecule has 2 heterocycles. The molecule has 0 saturated carbocycles. The number of amides is 1. The molecule has 3 rings (SSSR count). The van der Waals surface area contributed by atoms with E-state index in [2.05, 4.69) is 15.4 Å². The van der Waals surface area contributed by atoms with Crippen molar-refractivity contribution in [3.63, 3.8) is 0 Å². The van der Waals surface area contributed by atoms with Gasteiger partial charge in [-0.05, 0) is 37.6 Å². The average Bonchev–Trinajstić information content (AvgIpc) is 3.07. The van der Waals surface area contributed by atoms with E-state index in [9.17, 15) is 18.0 Å². The molecular weight excluding hydrogens is 353 g/mol. The highest BCUT2D eigenvalue weighted by molar-refractivity contribution is 7.22. The van der Waals surface area contributed by atoms with Crippen LogP contribution < -0.4 is 5.32 Å². The van der Waals surface area contributed by atoms with Crippen LogP contribution in [-0.4, -0.2) is 20.7 Å². The summed E-state index contributed by atoms with van der Waals surface area (Å²) >= 11 is 1.36. The van der Waals surface area contributed by atoms with Crippen molar-refractivity contribution < 1.29 is 18.0 Å². The smallest absolute Gasteiger partial charge is 0.302 e. The first-order chi connectivity index (χ1) is 11.7. The van der Waals surface area contributed by atoms with Crippen LogP contribution in [0, 0.1) is 13.8 Å². The molecular formula is C16H15F3N4OS. The number of nitrogens with one attached hydrogen (secondary N) is 1. The van der Waals surface area contributed by atoms with Gasteiger partial charge in [0, 0.05) is 18.7 Å². The van der Waals surface area contributed by atoms with Gasteiger partial charge in [-0.3, -0.25) is 9.48 Å². The van der Waals surface area contributed by atoms with Gasteiger partial charge in [0.2, 0.25) is 5.91 Å². The average molecular weight is 368 g/mol. The number of hydrogen-bond acceptors (Lipinski definition) is 4. The van der Waals surface area contributed by atoms with E-state index >= 15 is 0 Å². The van der Waals surface area contributed by atoms with Crippen LogP contribution in [0.4, 0.5) is 18.3 Å². The predicted molar refractivity (Wildman–Crippen MR) is 89.6 cm³/mol. The number of aromatic nitrogens is 3. The number of rotatable bonds is 4. The molecule has 0 unspecified atom stereocenters. The van der Waals surface area contributed by atoms with Crippen molar-refractivity contribution in [3.05, 3.63) is 41.2 Å². The number of aryl methyl sites for hydroxylation is 3. The van der Waals surface area contributed by atoms with E-state index in [1.807, 2.05) is 25.1 Å². The summed E-state index contributed by atoms with van der Waals surface area (Å²) in [5.74, 6) is -0.320. The highest BCUT2D eigenvalue weighted by Crippen LogP contribution is 2.29. The molecule has 132 valence electrons. The Hall–Kier alpha value is -2.42. The zero-order valence-corrected chi connectivity index (χ0v) is 14.3. The molecule has 3 aromatic rings. The lowest BCUT2D eigenvalue weighted by molar-refractivity contribution is -0.141. The third-order valence-electron chi connectivity index (χ3n) is 3.61. The van der Waals surface area contributed by atoms with Crippen molar-refractivity contribution in [1.82, 2.24) is 14.8 Å². The van der Waals surface area contributed by atoms with E-state index in [0.29, 0.717) is 10.8 Å². The standard InChI is InChI=1S/C16H15F3N4OS/c1-9-3-4-11-12(7-9)25-15(20-11)21-14(24)5-6-23-10(2)8-13(22-23)16(17,18)19/h3-4,7-8H,5-6H2,1-2H3,(H,20,21,24). The summed E-state index contributed by atoms with van der Waals surface area (Å²) in [6.45, 7) is 3.56. The Bertz CT molecular complexity index is 929. The summed E-state index contributed by atoms with van der Waals surface area (Å²) in [6, 6.07) is 6.76. The summed E-state index contributed by atoms with van der Waals surface area (Å²) in [4.78, 5) is 16.4. The van der Waals surface area contributed by atoms with Crippen LogP contribution >= 0.6 is 11.3 Å². The zero-order chi connectivity index (χ0) is 18.2. The summed E-state index contributed by atoms with van der Waals surface area (Å²) in [6.07, 6.45) is -4.48. The molecule has 25 heavy (non-hydrogen) atoms. The molecule has 1 aromatic carbocycles. The minimum Gasteiger partial charge on any atom is -0.302 e. The fourth-order valence-corrected chi connectivity index (χ4v) is 3.33. The first-order valence-corrected chi connectivity index (χ1v) is 8.33. The Kier molecular flexibility index (Phi) is 4.51. The topological polar surface area (TPSA) is 59.8 Å². The van der Waals surface area contributed by atoms with Gasteiger partial charge in [-0.25, -0.2) is 4.98 Å². The highest BCUT2D eigenvalue weighted by atomic mass is 32.1. The number of fused-ring (bicyclic) bond motifs is 1. The van der Waals surface area contributed by atoms with Crippen LogP contribution in [0.3, 0.4) is 0 Å². The predicted octanol–water partition coefficient (Wildman–Crippen LogP) is 4.16. The number of nitrogens with zero attached hydrogens (tertiary/aromatic N) is 3. The molecule has 1 amide bonds. The number of benzene rings is 1. The normalized spacial score (nSPS) is 11.9. The first-order valence-electron chi connectivity index (χ1n) is 7.51. The van der Waals surface area contributed by atoms with Gasteiger partial charge in [-0.2, -0.15) is 18.3 Å². The van der Waals surface area contributed by atoms with E-state index in [0.717, 1.165) is 21.8 Å². The minimum atomic E-state index is -4.49. The first kappa shape index (κ1) is 17.4. The second-order valence-corrected chi connectivity index (χ2v) is 6.71. The maximum Gasteiger partial charge on any atom is 0.435 e. The molecule has 0 bridgehead atoms. The number of carbonyl (C=O) groups is 1. The Morgan fingerprint density at radius 2 is 2.04 bits per heavy atom. The van der Waals surface area contributed by atoms with Crippen LogP contribution in [0.15, 0.2) is 24.3 Å². The number of carbonyl (C=O) groups excluding carboxylic acids is 1. The molecule has 0 aliphatic heterocycles. The molecule has 0 saturated heterocycles. The molecule has 0 aliphatic carbocycles. The van der Waals surface area contributed by atoms with Gasteiger partial charge in [-0.15, -0.1) is 0 Å². The number of anilines is 1. The van der Waals surface area contributed by atoms with E-state index in [-0.39, 0.29) is 18.9 Å². The van der Waals surface area contributed by atoms with Crippen molar-refractivity contribution >= 4 is 32.6 Å². The second kappa shape index (κ2) is 6.47. The third-order valence-corrected chi connectivity index (χ3v) is 4.55. The van der Waals surface area contributed by atoms with Gasteiger partial charge in [0.25, 0.3) is 0 Å². The Morgan fingerprint density at radius 3 is 2.72 bits per heavy atom. The maximum absolute atomic E-state index is 12.6. The molecule has 2 aromatic heterocycles. The van der Waals surface area contributed by atoms with Crippen LogP contribution in [0.2, 0.25) is 0 Å². The summed E-state index contributed by atoms with van der Waals surface area (Å²) < 4.78 is 40.1. The molecule has 1 N–H and O–H groups in total. The summed E-state index contributed by atoms with van der Waals surface area (Å²) in [5.41, 5.74) is 1.30. The minimum absolute atomic E-state index is 0.00870. The van der Waals surface area contributed by atoms with Gasteiger partial charge in [0.05, 0.1) is 10.2 Å². The largest absolute Gasteiger partial charge is 0.435 e.